The van der Waals surface area contributed by atoms with Crippen molar-refractivity contribution in [2.75, 3.05) is 0 Å². The lowest BCUT2D eigenvalue weighted by Gasteiger charge is -2.19. The van der Waals surface area contributed by atoms with Crippen molar-refractivity contribution in [2.24, 2.45) is 5.92 Å². The quantitative estimate of drug-likeness (QED) is 0.661. The summed E-state index contributed by atoms with van der Waals surface area (Å²) >= 11 is 6.14. The molecule has 0 saturated carbocycles. The van der Waals surface area contributed by atoms with E-state index in [2.05, 4.69) is 0 Å². The van der Waals surface area contributed by atoms with Crippen LogP contribution in [0.5, 0.6) is 0 Å². The Morgan fingerprint density at radius 3 is 2.33 bits per heavy atom. The second-order valence-corrected chi connectivity index (χ2v) is 4.11. The van der Waals surface area contributed by atoms with Crippen LogP contribution in [0.2, 0.25) is 0 Å². The molecule has 0 saturated heterocycles. The number of halogens is 3. The molecule has 15 heavy (non-hydrogen) atoms. The average molecular weight is 233 g/mol. The molecule has 0 amide bonds. The van der Waals surface area contributed by atoms with Crippen molar-refractivity contribution in [3.05, 3.63) is 35.4 Å². The molecule has 0 bridgehead atoms. The zero-order chi connectivity index (χ0) is 11.4. The van der Waals surface area contributed by atoms with Crippen LogP contribution >= 0.6 is 11.6 Å². The lowest BCUT2D eigenvalue weighted by Crippen LogP contribution is -2.08. The summed E-state index contributed by atoms with van der Waals surface area (Å²) < 4.78 is 26.4. The summed E-state index contributed by atoms with van der Waals surface area (Å²) in [6.45, 7) is 4.00. The van der Waals surface area contributed by atoms with Crippen molar-refractivity contribution < 1.29 is 8.78 Å². The van der Waals surface area contributed by atoms with Gasteiger partial charge in [-0.2, -0.15) is 0 Å². The summed E-state index contributed by atoms with van der Waals surface area (Å²) in [5, 5.41) is -0.448. The number of rotatable bonds is 4. The van der Waals surface area contributed by atoms with E-state index in [1.165, 1.54) is 6.07 Å². The van der Waals surface area contributed by atoms with Crippen LogP contribution in [0.3, 0.4) is 0 Å². The van der Waals surface area contributed by atoms with Gasteiger partial charge in [0, 0.05) is 5.56 Å². The Balaban J connectivity index is 2.98. The van der Waals surface area contributed by atoms with Gasteiger partial charge in [0.25, 0.3) is 0 Å². The molecule has 0 aliphatic heterocycles. The van der Waals surface area contributed by atoms with E-state index in [0.29, 0.717) is 0 Å². The fraction of sp³-hybridized carbons (Fsp3) is 0.500. The molecular weight excluding hydrogens is 218 g/mol. The van der Waals surface area contributed by atoms with E-state index in [1.807, 2.05) is 13.8 Å². The summed E-state index contributed by atoms with van der Waals surface area (Å²) in [7, 11) is 0. The van der Waals surface area contributed by atoms with E-state index in [0.717, 1.165) is 25.0 Å². The van der Waals surface area contributed by atoms with Gasteiger partial charge in [0.2, 0.25) is 0 Å². The van der Waals surface area contributed by atoms with Crippen molar-refractivity contribution >= 4 is 11.6 Å². The Kier molecular flexibility index (Phi) is 4.52. The molecule has 84 valence electrons. The molecule has 1 aromatic rings. The van der Waals surface area contributed by atoms with Crippen LogP contribution in [0.4, 0.5) is 8.78 Å². The second kappa shape index (κ2) is 5.45. The van der Waals surface area contributed by atoms with Gasteiger partial charge >= 0.3 is 0 Å². The largest absolute Gasteiger partial charge is 0.207 e. The van der Waals surface area contributed by atoms with Gasteiger partial charge in [-0.05, 0) is 24.1 Å². The van der Waals surface area contributed by atoms with Gasteiger partial charge in [0.15, 0.2) is 0 Å². The molecule has 1 aromatic carbocycles. The SMILES string of the molecule is CCC(CC)C(Cl)c1cc(F)ccc1F. The zero-order valence-electron chi connectivity index (χ0n) is 8.93. The Morgan fingerprint density at radius 1 is 1.20 bits per heavy atom. The normalized spacial score (nSPS) is 13.2. The molecular formula is C12H15ClF2. The number of alkyl halides is 1. The van der Waals surface area contributed by atoms with E-state index < -0.39 is 17.0 Å². The van der Waals surface area contributed by atoms with E-state index in [-0.39, 0.29) is 11.5 Å². The number of hydrogen-bond acceptors (Lipinski definition) is 0. The third-order valence-corrected chi connectivity index (χ3v) is 3.31. The molecule has 0 spiro atoms. The van der Waals surface area contributed by atoms with E-state index in [1.54, 1.807) is 0 Å². The molecule has 0 aliphatic carbocycles. The van der Waals surface area contributed by atoms with E-state index >= 15 is 0 Å². The van der Waals surface area contributed by atoms with Crippen molar-refractivity contribution in [3.8, 4) is 0 Å². The molecule has 0 aliphatic rings. The minimum Gasteiger partial charge on any atom is -0.207 e. The van der Waals surface area contributed by atoms with Gasteiger partial charge in [0.05, 0.1) is 5.38 Å². The lowest BCUT2D eigenvalue weighted by molar-refractivity contribution is 0.459. The van der Waals surface area contributed by atoms with Crippen LogP contribution in [0, 0.1) is 17.6 Å². The Labute approximate surface area is 94.3 Å². The minimum absolute atomic E-state index is 0.183. The van der Waals surface area contributed by atoms with Crippen LogP contribution in [-0.4, -0.2) is 0 Å². The van der Waals surface area contributed by atoms with Gasteiger partial charge in [-0.1, -0.05) is 26.7 Å². The third kappa shape index (κ3) is 2.91. The molecule has 0 fully saturated rings. The number of hydrogen-bond donors (Lipinski definition) is 0. The number of benzene rings is 1. The zero-order valence-corrected chi connectivity index (χ0v) is 9.69. The summed E-state index contributed by atoms with van der Waals surface area (Å²) in [5.41, 5.74) is 0.269. The highest BCUT2D eigenvalue weighted by Gasteiger charge is 2.21. The van der Waals surface area contributed by atoms with E-state index in [4.69, 9.17) is 11.6 Å². The second-order valence-electron chi connectivity index (χ2n) is 3.64. The maximum Gasteiger partial charge on any atom is 0.128 e. The summed E-state index contributed by atoms with van der Waals surface area (Å²) in [4.78, 5) is 0. The lowest BCUT2D eigenvalue weighted by atomic mass is 9.93. The highest BCUT2D eigenvalue weighted by molar-refractivity contribution is 6.21. The molecule has 0 N–H and O–H groups in total. The van der Waals surface area contributed by atoms with Crippen LogP contribution in [0.15, 0.2) is 18.2 Å². The van der Waals surface area contributed by atoms with Crippen molar-refractivity contribution in [1.82, 2.24) is 0 Å². The average Bonchev–Trinajstić information content (AvgIpc) is 2.23. The van der Waals surface area contributed by atoms with Crippen LogP contribution in [0.1, 0.15) is 37.6 Å². The van der Waals surface area contributed by atoms with Crippen molar-refractivity contribution in [1.29, 1.82) is 0 Å². The fourth-order valence-electron chi connectivity index (χ4n) is 1.68. The van der Waals surface area contributed by atoms with Crippen LogP contribution in [-0.2, 0) is 0 Å². The standard InChI is InChI=1S/C12H15ClF2/c1-3-8(4-2)12(13)10-7-9(14)5-6-11(10)15/h5-8,12H,3-4H2,1-2H3. The first-order valence-corrected chi connectivity index (χ1v) is 5.62. The van der Waals surface area contributed by atoms with Crippen molar-refractivity contribution in [2.45, 2.75) is 32.1 Å². The van der Waals surface area contributed by atoms with Gasteiger partial charge in [-0.3, -0.25) is 0 Å². The van der Waals surface area contributed by atoms with Gasteiger partial charge < -0.3 is 0 Å². The highest BCUT2D eigenvalue weighted by atomic mass is 35.5. The van der Waals surface area contributed by atoms with Gasteiger partial charge in [-0.25, -0.2) is 8.78 Å². The fourth-order valence-corrected chi connectivity index (χ4v) is 2.21. The first kappa shape index (κ1) is 12.4. The first-order valence-electron chi connectivity index (χ1n) is 5.19. The first-order chi connectivity index (χ1) is 7.10. The van der Waals surface area contributed by atoms with Crippen molar-refractivity contribution in [3.63, 3.8) is 0 Å². The summed E-state index contributed by atoms with van der Waals surface area (Å²) in [6.07, 6.45) is 1.72. The monoisotopic (exact) mass is 232 g/mol. The Hall–Kier alpha value is -0.630. The van der Waals surface area contributed by atoms with Gasteiger partial charge in [-0.15, -0.1) is 11.6 Å². The molecule has 0 radical (unpaired) electrons. The molecule has 0 aromatic heterocycles. The van der Waals surface area contributed by atoms with E-state index in [9.17, 15) is 8.78 Å². The third-order valence-electron chi connectivity index (χ3n) is 2.72. The molecule has 1 atom stereocenters. The van der Waals surface area contributed by atoms with Gasteiger partial charge in [0.1, 0.15) is 11.6 Å². The molecule has 1 unspecified atom stereocenters. The van der Waals surface area contributed by atoms with Crippen LogP contribution in [0.25, 0.3) is 0 Å². The molecule has 0 heterocycles. The smallest absolute Gasteiger partial charge is 0.128 e. The Bertz CT molecular complexity index is 321. The molecule has 1 rings (SSSR count). The maximum atomic E-state index is 13.4. The Morgan fingerprint density at radius 2 is 1.80 bits per heavy atom. The molecule has 0 nitrogen and oxygen atoms in total. The minimum atomic E-state index is -0.448. The predicted molar refractivity (Wildman–Crippen MR) is 59.0 cm³/mol. The topological polar surface area (TPSA) is 0 Å². The summed E-state index contributed by atoms with van der Waals surface area (Å²) in [5.74, 6) is -0.686. The predicted octanol–water partition coefficient (Wildman–Crippen LogP) is 4.68. The molecule has 3 heteroatoms. The maximum absolute atomic E-state index is 13.4. The summed E-state index contributed by atoms with van der Waals surface area (Å²) in [6, 6.07) is 3.42. The highest BCUT2D eigenvalue weighted by Crippen LogP contribution is 2.34. The van der Waals surface area contributed by atoms with Crippen LogP contribution < -0.4 is 0 Å².